The Bertz CT molecular complexity index is 2180. The summed E-state index contributed by atoms with van der Waals surface area (Å²) in [6.45, 7) is 4.25. The standard InChI is InChI=1S/C28H21N3O6/c1-5-12(2)13-6-7-15-11-16(9-8-14(15)10-13)31-27(36)21-19-17(23(32)29(3)25(19)34)18-20(22(21)28(31)37)26(35)30(4)24(18)33/h6-12H,5H2,1-4H3. The van der Waals surface area contributed by atoms with E-state index in [0.29, 0.717) is 5.92 Å². The van der Waals surface area contributed by atoms with Crippen molar-refractivity contribution in [2.75, 3.05) is 0 Å². The summed E-state index contributed by atoms with van der Waals surface area (Å²) >= 11 is 0. The molecule has 0 amide bonds. The average molecular weight is 495 g/mol. The Kier molecular flexibility index (Phi) is 4.57. The zero-order valence-electron chi connectivity index (χ0n) is 20.5. The molecule has 0 aliphatic carbocycles. The molecule has 3 aromatic heterocycles. The van der Waals surface area contributed by atoms with E-state index in [0.717, 1.165) is 30.9 Å². The van der Waals surface area contributed by atoms with Gasteiger partial charge in [-0.3, -0.25) is 37.9 Å². The summed E-state index contributed by atoms with van der Waals surface area (Å²) in [5.41, 5.74) is -3.39. The minimum atomic E-state index is -0.819. The first-order valence-corrected chi connectivity index (χ1v) is 11.9. The van der Waals surface area contributed by atoms with Crippen molar-refractivity contribution in [3.63, 3.8) is 0 Å². The Hall–Kier alpha value is -4.66. The van der Waals surface area contributed by atoms with Crippen LogP contribution in [0.4, 0.5) is 0 Å². The van der Waals surface area contributed by atoms with E-state index in [9.17, 15) is 28.8 Å². The van der Waals surface area contributed by atoms with Crippen molar-refractivity contribution in [2.45, 2.75) is 26.2 Å². The molecule has 0 aliphatic rings. The van der Waals surface area contributed by atoms with Crippen LogP contribution in [0.25, 0.3) is 48.8 Å². The van der Waals surface area contributed by atoms with Gasteiger partial charge in [-0.15, -0.1) is 0 Å². The normalized spacial score (nSPS) is 13.0. The number of nitrogens with zero attached hydrogens (tertiary/aromatic N) is 3. The van der Waals surface area contributed by atoms with E-state index in [1.165, 1.54) is 19.7 Å². The maximum absolute atomic E-state index is 13.7. The van der Waals surface area contributed by atoms with Crippen LogP contribution in [0.5, 0.6) is 0 Å². The van der Waals surface area contributed by atoms with Crippen molar-refractivity contribution in [3.05, 3.63) is 104 Å². The van der Waals surface area contributed by atoms with Crippen LogP contribution in [0.15, 0.2) is 65.2 Å². The molecule has 6 aromatic rings. The van der Waals surface area contributed by atoms with E-state index in [2.05, 4.69) is 19.9 Å². The van der Waals surface area contributed by atoms with Crippen LogP contribution in [0.2, 0.25) is 0 Å². The second-order valence-corrected chi connectivity index (χ2v) is 9.63. The summed E-state index contributed by atoms with van der Waals surface area (Å²) < 4.78 is 2.47. The predicted octanol–water partition coefficient (Wildman–Crippen LogP) is 1.76. The fourth-order valence-electron chi connectivity index (χ4n) is 5.37. The van der Waals surface area contributed by atoms with Crippen LogP contribution in [-0.4, -0.2) is 13.7 Å². The molecule has 0 saturated carbocycles. The van der Waals surface area contributed by atoms with Gasteiger partial charge in [0.15, 0.2) is 0 Å². The van der Waals surface area contributed by atoms with Crippen LogP contribution in [-0.2, 0) is 14.1 Å². The maximum atomic E-state index is 13.7. The molecule has 37 heavy (non-hydrogen) atoms. The molecule has 9 heteroatoms. The molecular weight excluding hydrogens is 474 g/mol. The zero-order valence-corrected chi connectivity index (χ0v) is 20.5. The second-order valence-electron chi connectivity index (χ2n) is 9.63. The summed E-state index contributed by atoms with van der Waals surface area (Å²) in [6.07, 6.45) is 0.986. The van der Waals surface area contributed by atoms with Crippen LogP contribution >= 0.6 is 0 Å². The summed E-state index contributed by atoms with van der Waals surface area (Å²) in [4.78, 5) is 79.4. The number of benzene rings is 3. The number of fused-ring (bicyclic) bond motifs is 7. The molecule has 0 bridgehead atoms. The van der Waals surface area contributed by atoms with Crippen molar-refractivity contribution in [3.8, 4) is 5.69 Å². The highest BCUT2D eigenvalue weighted by molar-refractivity contribution is 6.25. The summed E-state index contributed by atoms with van der Waals surface area (Å²) in [6, 6.07) is 11.1. The first-order valence-electron chi connectivity index (χ1n) is 11.9. The molecule has 1 unspecified atom stereocenters. The van der Waals surface area contributed by atoms with E-state index < -0.39 is 33.4 Å². The van der Waals surface area contributed by atoms with Gasteiger partial charge in [-0.2, -0.15) is 0 Å². The van der Waals surface area contributed by atoms with E-state index in [1.807, 2.05) is 12.1 Å². The third-order valence-electron chi connectivity index (χ3n) is 7.70. The highest BCUT2D eigenvalue weighted by atomic mass is 16.2. The van der Waals surface area contributed by atoms with Crippen molar-refractivity contribution in [1.82, 2.24) is 13.7 Å². The molecule has 0 radical (unpaired) electrons. The van der Waals surface area contributed by atoms with Crippen molar-refractivity contribution in [2.24, 2.45) is 14.1 Å². The van der Waals surface area contributed by atoms with Gasteiger partial charge in [0.05, 0.1) is 38.0 Å². The van der Waals surface area contributed by atoms with E-state index in [1.54, 1.807) is 18.2 Å². The fourth-order valence-corrected chi connectivity index (χ4v) is 5.37. The van der Waals surface area contributed by atoms with Crippen LogP contribution in [0.3, 0.4) is 0 Å². The molecule has 0 spiro atoms. The van der Waals surface area contributed by atoms with Gasteiger partial charge in [0.25, 0.3) is 33.4 Å². The molecule has 0 saturated heterocycles. The molecule has 6 rings (SSSR count). The number of aromatic nitrogens is 3. The van der Waals surface area contributed by atoms with Gasteiger partial charge in [0, 0.05) is 14.1 Å². The van der Waals surface area contributed by atoms with Gasteiger partial charge in [0.2, 0.25) is 0 Å². The molecule has 1 atom stereocenters. The Balaban J connectivity index is 1.80. The minimum absolute atomic E-state index is 0.257. The van der Waals surface area contributed by atoms with E-state index in [-0.39, 0.29) is 38.0 Å². The van der Waals surface area contributed by atoms with Crippen molar-refractivity contribution >= 4 is 43.1 Å². The van der Waals surface area contributed by atoms with Gasteiger partial charge in [0.1, 0.15) is 0 Å². The van der Waals surface area contributed by atoms with Crippen LogP contribution in [0.1, 0.15) is 31.7 Å². The molecule has 0 N–H and O–H groups in total. The summed E-state index contributed by atoms with van der Waals surface area (Å²) in [5, 5.41) is -0.116. The van der Waals surface area contributed by atoms with Crippen molar-refractivity contribution < 1.29 is 0 Å². The molecule has 184 valence electrons. The van der Waals surface area contributed by atoms with Gasteiger partial charge in [-0.25, -0.2) is 4.57 Å². The first kappa shape index (κ1) is 22.8. The third-order valence-corrected chi connectivity index (χ3v) is 7.70. The highest BCUT2D eigenvalue weighted by Crippen LogP contribution is 2.28. The molecule has 3 aromatic carbocycles. The third kappa shape index (κ3) is 2.73. The topological polar surface area (TPSA) is 117 Å². The summed E-state index contributed by atoms with van der Waals surface area (Å²) in [7, 11) is 2.45. The van der Waals surface area contributed by atoms with Crippen LogP contribution in [0, 0.1) is 0 Å². The average Bonchev–Trinajstić information content (AvgIpc) is 3.38. The number of rotatable bonds is 3. The highest BCUT2D eigenvalue weighted by Gasteiger charge is 2.30. The Labute approximate surface area is 207 Å². The lowest BCUT2D eigenvalue weighted by Crippen LogP contribution is -2.24. The summed E-state index contributed by atoms with van der Waals surface area (Å²) in [5.74, 6) is 0.376. The molecule has 0 aliphatic heterocycles. The van der Waals surface area contributed by atoms with Gasteiger partial charge in [-0.05, 0) is 40.8 Å². The first-order chi connectivity index (χ1) is 17.6. The lowest BCUT2D eigenvalue weighted by atomic mass is 9.96. The number of hydrogen-bond donors (Lipinski definition) is 0. The lowest BCUT2D eigenvalue weighted by molar-refractivity contribution is 0.735. The van der Waals surface area contributed by atoms with E-state index >= 15 is 0 Å². The SMILES string of the molecule is CCC(C)c1ccc2cc(-n3c(=O)c4c5c(=O)n(C)c(=O)c5c5c(=O)n(C)c(=O)c5c4c3=O)ccc2c1. The van der Waals surface area contributed by atoms with E-state index in [4.69, 9.17) is 0 Å². The monoisotopic (exact) mass is 495 g/mol. The van der Waals surface area contributed by atoms with Gasteiger partial charge in [-0.1, -0.05) is 38.1 Å². The second kappa shape index (κ2) is 7.42. The smallest absolute Gasteiger partial charge is 0.267 e. The Morgan fingerprint density at radius 2 is 1.00 bits per heavy atom. The van der Waals surface area contributed by atoms with Gasteiger partial charge < -0.3 is 0 Å². The molecule has 0 fully saturated rings. The van der Waals surface area contributed by atoms with Crippen molar-refractivity contribution in [1.29, 1.82) is 0 Å². The molecule has 9 nitrogen and oxygen atoms in total. The Morgan fingerprint density at radius 1 is 0.595 bits per heavy atom. The fraction of sp³-hybridized carbons (Fsp3) is 0.214. The zero-order chi connectivity index (χ0) is 26.5. The largest absolute Gasteiger partial charge is 0.277 e. The molecule has 3 heterocycles. The van der Waals surface area contributed by atoms with Crippen LogP contribution < -0.4 is 33.4 Å². The Morgan fingerprint density at radius 3 is 1.46 bits per heavy atom. The number of hydrogen-bond acceptors (Lipinski definition) is 6. The minimum Gasteiger partial charge on any atom is -0.277 e. The predicted molar refractivity (Wildman–Crippen MR) is 144 cm³/mol. The molecular formula is C28H21N3O6. The quantitative estimate of drug-likeness (QED) is 0.369. The van der Waals surface area contributed by atoms with Gasteiger partial charge >= 0.3 is 0 Å². The lowest BCUT2D eigenvalue weighted by Gasteiger charge is -2.11. The maximum Gasteiger partial charge on any atom is 0.267 e.